The average Bonchev–Trinajstić information content (AvgIpc) is 3.22. The molecule has 0 aliphatic heterocycles. The minimum Gasteiger partial charge on any atom is -0.292 e. The van der Waals surface area contributed by atoms with Crippen LogP contribution >= 0.6 is 23.1 Å². The van der Waals surface area contributed by atoms with Gasteiger partial charge < -0.3 is 0 Å². The number of ketones is 1. The fourth-order valence-electron chi connectivity index (χ4n) is 2.07. The van der Waals surface area contributed by atoms with Gasteiger partial charge in [-0.15, -0.1) is 16.4 Å². The first-order valence-electron chi connectivity index (χ1n) is 7.40. The van der Waals surface area contributed by atoms with E-state index in [1.807, 2.05) is 43.3 Å². The number of hydrogen-bond donors (Lipinski definition) is 1. The Balaban J connectivity index is 1.63. The van der Waals surface area contributed by atoms with E-state index in [1.165, 1.54) is 22.2 Å². The molecule has 0 spiro atoms. The first-order chi connectivity index (χ1) is 11.2. The van der Waals surface area contributed by atoms with Gasteiger partial charge in [-0.05, 0) is 25.5 Å². The maximum atomic E-state index is 12.2. The van der Waals surface area contributed by atoms with Gasteiger partial charge in [-0.25, -0.2) is 4.98 Å². The predicted octanol–water partition coefficient (Wildman–Crippen LogP) is 4.38. The van der Waals surface area contributed by atoms with Gasteiger partial charge in [-0.1, -0.05) is 48.5 Å². The van der Waals surface area contributed by atoms with Crippen molar-refractivity contribution in [2.75, 3.05) is 5.75 Å². The predicted molar refractivity (Wildman–Crippen MR) is 95.3 cm³/mol. The number of nitrogens with one attached hydrogen (secondary N) is 1. The number of Topliss-reactive ketones (excluding diaryl/α,β-unsaturated/α-hetero) is 1. The molecule has 1 N–H and O–H groups in total. The van der Waals surface area contributed by atoms with E-state index in [1.54, 1.807) is 11.3 Å². The zero-order valence-corrected chi connectivity index (χ0v) is 14.6. The Morgan fingerprint density at radius 3 is 2.70 bits per heavy atom. The number of aromatic nitrogens is 3. The minimum absolute atomic E-state index is 0.126. The molecule has 1 aromatic carbocycles. The zero-order chi connectivity index (χ0) is 16.2. The Kier molecular flexibility index (Phi) is 4.93. The average molecular weight is 343 g/mol. The quantitative estimate of drug-likeness (QED) is 0.533. The summed E-state index contributed by atoms with van der Waals surface area (Å²) < 4.78 is 0. The van der Waals surface area contributed by atoms with E-state index in [2.05, 4.69) is 22.1 Å². The molecule has 2 aromatic heterocycles. The lowest BCUT2D eigenvalue weighted by Gasteiger charge is -1.96. The minimum atomic E-state index is 0.126. The highest BCUT2D eigenvalue weighted by molar-refractivity contribution is 7.99. The number of rotatable bonds is 6. The summed E-state index contributed by atoms with van der Waals surface area (Å²) >= 11 is 2.93. The fraction of sp³-hybridized carbons (Fsp3) is 0.235. The van der Waals surface area contributed by atoms with Crippen LogP contribution in [0.4, 0.5) is 0 Å². The van der Waals surface area contributed by atoms with Crippen LogP contribution in [0, 0.1) is 6.92 Å². The molecule has 0 unspecified atom stereocenters. The first-order valence-corrected chi connectivity index (χ1v) is 9.20. The molecule has 23 heavy (non-hydrogen) atoms. The molecule has 0 radical (unpaired) electrons. The van der Waals surface area contributed by atoms with E-state index in [0.717, 1.165) is 22.7 Å². The van der Waals surface area contributed by atoms with Crippen LogP contribution in [0.5, 0.6) is 0 Å². The summed E-state index contributed by atoms with van der Waals surface area (Å²) in [6.45, 7) is 4.14. The highest BCUT2D eigenvalue weighted by Crippen LogP contribution is 2.23. The summed E-state index contributed by atoms with van der Waals surface area (Å²) in [5.74, 6) is 1.21. The second-order valence-corrected chi connectivity index (χ2v) is 7.27. The van der Waals surface area contributed by atoms with Gasteiger partial charge in [0.2, 0.25) is 5.16 Å². The molecule has 6 heteroatoms. The van der Waals surface area contributed by atoms with Crippen LogP contribution in [-0.2, 0) is 6.42 Å². The number of carbonyl (C=O) groups excluding carboxylic acids is 1. The Labute approximate surface area is 143 Å². The monoisotopic (exact) mass is 343 g/mol. The molecule has 0 aliphatic carbocycles. The first kappa shape index (κ1) is 16.0. The van der Waals surface area contributed by atoms with E-state index in [-0.39, 0.29) is 5.78 Å². The molecule has 4 nitrogen and oxygen atoms in total. The normalized spacial score (nSPS) is 10.9. The number of hydrogen-bond acceptors (Lipinski definition) is 5. The van der Waals surface area contributed by atoms with Gasteiger partial charge in [0.1, 0.15) is 0 Å². The van der Waals surface area contributed by atoms with Crippen molar-refractivity contribution in [3.05, 3.63) is 51.7 Å². The van der Waals surface area contributed by atoms with Gasteiger partial charge in [0, 0.05) is 10.4 Å². The van der Waals surface area contributed by atoms with Crippen LogP contribution in [0.2, 0.25) is 0 Å². The van der Waals surface area contributed by atoms with Gasteiger partial charge in [0.25, 0.3) is 0 Å². The van der Waals surface area contributed by atoms with E-state index in [0.29, 0.717) is 10.9 Å². The number of thiophene rings is 1. The fourth-order valence-corrected chi connectivity index (χ4v) is 3.73. The lowest BCUT2D eigenvalue weighted by Crippen LogP contribution is -1.99. The molecule has 2 heterocycles. The molecule has 0 atom stereocenters. The van der Waals surface area contributed by atoms with Crippen molar-refractivity contribution in [2.45, 2.75) is 25.4 Å². The van der Waals surface area contributed by atoms with Gasteiger partial charge in [-0.3, -0.25) is 9.89 Å². The lowest BCUT2D eigenvalue weighted by atomic mass is 10.1. The van der Waals surface area contributed by atoms with Gasteiger partial charge >= 0.3 is 0 Å². The number of benzene rings is 1. The Bertz CT molecular complexity index is 805. The van der Waals surface area contributed by atoms with Crippen LogP contribution in [-0.4, -0.2) is 26.7 Å². The molecule has 3 rings (SSSR count). The summed E-state index contributed by atoms with van der Waals surface area (Å²) in [5, 5.41) is 7.71. The summed E-state index contributed by atoms with van der Waals surface area (Å²) in [7, 11) is 0. The number of carbonyl (C=O) groups is 1. The summed E-state index contributed by atoms with van der Waals surface area (Å²) in [6.07, 6.45) is 0.964. The molecule has 0 fully saturated rings. The highest BCUT2D eigenvalue weighted by atomic mass is 32.2. The van der Waals surface area contributed by atoms with Crippen molar-refractivity contribution in [1.82, 2.24) is 15.2 Å². The van der Waals surface area contributed by atoms with Gasteiger partial charge in [0.05, 0.1) is 10.6 Å². The SMILES string of the molecule is CCc1ccc(C(=O)CSc2n[nH]c(-c3ccc(C)cc3)n2)s1. The highest BCUT2D eigenvalue weighted by Gasteiger charge is 2.12. The molecule has 0 saturated heterocycles. The third-order valence-corrected chi connectivity index (χ3v) is 5.53. The Morgan fingerprint density at radius 1 is 1.22 bits per heavy atom. The zero-order valence-electron chi connectivity index (χ0n) is 13.0. The van der Waals surface area contributed by atoms with Crippen molar-refractivity contribution < 1.29 is 4.79 Å². The molecule has 118 valence electrons. The molecular formula is C17H17N3OS2. The van der Waals surface area contributed by atoms with Crippen LogP contribution < -0.4 is 0 Å². The van der Waals surface area contributed by atoms with E-state index in [9.17, 15) is 4.79 Å². The summed E-state index contributed by atoms with van der Waals surface area (Å²) in [6, 6.07) is 12.0. The topological polar surface area (TPSA) is 58.6 Å². The third kappa shape index (κ3) is 3.89. The molecule has 0 saturated carbocycles. The summed E-state index contributed by atoms with van der Waals surface area (Å²) in [5.41, 5.74) is 2.20. The van der Waals surface area contributed by atoms with Crippen LogP contribution in [0.25, 0.3) is 11.4 Å². The van der Waals surface area contributed by atoms with Crippen molar-refractivity contribution in [3.63, 3.8) is 0 Å². The Hall–Kier alpha value is -1.92. The standard InChI is InChI=1S/C17H17N3OS2/c1-3-13-8-9-15(23-13)14(21)10-22-17-18-16(19-20-17)12-6-4-11(2)5-7-12/h4-9H,3,10H2,1-2H3,(H,18,19,20). The Morgan fingerprint density at radius 2 is 2.00 bits per heavy atom. The smallest absolute Gasteiger partial charge is 0.209 e. The number of H-pyrrole nitrogens is 1. The number of thioether (sulfide) groups is 1. The van der Waals surface area contributed by atoms with Crippen molar-refractivity contribution in [2.24, 2.45) is 0 Å². The number of nitrogens with zero attached hydrogens (tertiary/aromatic N) is 2. The van der Waals surface area contributed by atoms with Crippen molar-refractivity contribution >= 4 is 28.9 Å². The second kappa shape index (κ2) is 7.10. The largest absolute Gasteiger partial charge is 0.292 e. The van der Waals surface area contributed by atoms with E-state index < -0.39 is 0 Å². The molecule has 0 amide bonds. The van der Waals surface area contributed by atoms with Crippen LogP contribution in [0.3, 0.4) is 0 Å². The second-order valence-electron chi connectivity index (χ2n) is 5.16. The van der Waals surface area contributed by atoms with Gasteiger partial charge in [-0.2, -0.15) is 0 Å². The number of aryl methyl sites for hydroxylation is 2. The van der Waals surface area contributed by atoms with Crippen molar-refractivity contribution in [1.29, 1.82) is 0 Å². The van der Waals surface area contributed by atoms with Crippen LogP contribution in [0.15, 0.2) is 41.6 Å². The van der Waals surface area contributed by atoms with Crippen molar-refractivity contribution in [3.8, 4) is 11.4 Å². The lowest BCUT2D eigenvalue weighted by molar-refractivity contribution is 0.102. The van der Waals surface area contributed by atoms with Gasteiger partial charge in [0.15, 0.2) is 11.6 Å². The number of aromatic amines is 1. The molecular weight excluding hydrogens is 326 g/mol. The van der Waals surface area contributed by atoms with E-state index in [4.69, 9.17) is 0 Å². The molecule has 0 bridgehead atoms. The maximum absolute atomic E-state index is 12.2. The molecule has 0 aliphatic rings. The molecule has 3 aromatic rings. The van der Waals surface area contributed by atoms with E-state index >= 15 is 0 Å². The maximum Gasteiger partial charge on any atom is 0.209 e. The third-order valence-electron chi connectivity index (χ3n) is 3.41. The summed E-state index contributed by atoms with van der Waals surface area (Å²) in [4.78, 5) is 18.7. The van der Waals surface area contributed by atoms with Crippen LogP contribution in [0.1, 0.15) is 27.0 Å².